The second-order valence-corrected chi connectivity index (χ2v) is 8.67. The van der Waals surface area contributed by atoms with Crippen molar-refractivity contribution in [1.29, 1.82) is 0 Å². The van der Waals surface area contributed by atoms with E-state index >= 15 is 0 Å². The molecule has 8 heteroatoms. The summed E-state index contributed by atoms with van der Waals surface area (Å²) in [5, 5.41) is 0. The van der Waals surface area contributed by atoms with Crippen LogP contribution in [0.5, 0.6) is 0 Å². The molecule has 166 valence electrons. The van der Waals surface area contributed by atoms with Crippen LogP contribution in [0.2, 0.25) is 0 Å². The molecule has 2 heterocycles. The lowest BCUT2D eigenvalue weighted by molar-refractivity contribution is -0.142. The maximum absolute atomic E-state index is 13.6. The Morgan fingerprint density at radius 3 is 2.52 bits per heavy atom. The van der Waals surface area contributed by atoms with Gasteiger partial charge in [0.15, 0.2) is 0 Å². The van der Waals surface area contributed by atoms with Gasteiger partial charge in [0.05, 0.1) is 12.0 Å². The van der Waals surface area contributed by atoms with E-state index in [0.29, 0.717) is 25.5 Å². The molecule has 31 heavy (non-hydrogen) atoms. The number of imidazole rings is 1. The molecule has 0 saturated carbocycles. The van der Waals surface area contributed by atoms with Crippen LogP contribution in [0.4, 0.5) is 0 Å². The topological polar surface area (TPSA) is 89.6 Å². The van der Waals surface area contributed by atoms with Crippen LogP contribution in [-0.2, 0) is 26.3 Å². The van der Waals surface area contributed by atoms with Gasteiger partial charge in [-0.25, -0.2) is 4.98 Å². The van der Waals surface area contributed by atoms with Crippen molar-refractivity contribution in [1.82, 2.24) is 24.7 Å². The largest absolute Gasteiger partial charge is 0.345 e. The number of nitrogens with one attached hydrogen (secondary N) is 1. The minimum Gasteiger partial charge on any atom is -0.345 e. The van der Waals surface area contributed by atoms with E-state index in [4.69, 9.17) is 0 Å². The predicted molar refractivity (Wildman–Crippen MR) is 117 cm³/mol. The van der Waals surface area contributed by atoms with E-state index in [1.165, 1.54) is 4.90 Å². The van der Waals surface area contributed by atoms with Gasteiger partial charge in [-0.05, 0) is 39.1 Å². The number of carbonyl (C=O) groups excluding carboxylic acids is 3. The van der Waals surface area contributed by atoms with Gasteiger partial charge in [0.25, 0.3) is 0 Å². The first kappa shape index (κ1) is 22.7. The Morgan fingerprint density at radius 1 is 1.19 bits per heavy atom. The molecule has 3 amide bonds. The third-order valence-electron chi connectivity index (χ3n) is 5.86. The van der Waals surface area contributed by atoms with E-state index in [1.807, 2.05) is 57.1 Å². The second kappa shape index (κ2) is 9.01. The van der Waals surface area contributed by atoms with Gasteiger partial charge in [0.2, 0.25) is 17.7 Å². The lowest BCUT2D eigenvalue weighted by atomic mass is 9.74. The molecule has 1 aromatic carbocycles. The van der Waals surface area contributed by atoms with Crippen LogP contribution < -0.4 is 0 Å². The lowest BCUT2D eigenvalue weighted by Gasteiger charge is -2.30. The predicted octanol–water partition coefficient (Wildman–Crippen LogP) is 1.63. The molecule has 0 radical (unpaired) electrons. The molecule has 1 N–H and O–H groups in total. The Labute approximate surface area is 183 Å². The molecule has 8 nitrogen and oxygen atoms in total. The third-order valence-corrected chi connectivity index (χ3v) is 5.86. The van der Waals surface area contributed by atoms with Gasteiger partial charge in [-0.2, -0.15) is 0 Å². The molecule has 1 saturated heterocycles. The molecular weight excluding hydrogens is 394 g/mol. The Bertz CT molecular complexity index is 983. The van der Waals surface area contributed by atoms with Crippen molar-refractivity contribution in [3.63, 3.8) is 0 Å². The molecule has 0 spiro atoms. The van der Waals surface area contributed by atoms with Crippen molar-refractivity contribution in [2.75, 3.05) is 34.2 Å². The monoisotopic (exact) mass is 425 g/mol. The van der Waals surface area contributed by atoms with Crippen LogP contribution in [0.1, 0.15) is 35.5 Å². The zero-order chi connectivity index (χ0) is 22.8. The Hall–Kier alpha value is -3.00. The van der Waals surface area contributed by atoms with Crippen molar-refractivity contribution in [2.45, 2.75) is 38.6 Å². The van der Waals surface area contributed by atoms with Gasteiger partial charge in [-0.15, -0.1) is 0 Å². The number of aromatic nitrogens is 2. The molecule has 1 aliphatic rings. The normalized spacial score (nSPS) is 18.8. The van der Waals surface area contributed by atoms with Gasteiger partial charge in [0, 0.05) is 44.9 Å². The summed E-state index contributed by atoms with van der Waals surface area (Å²) in [5.74, 6) is -0.0379. The minimum atomic E-state index is -1.18. The van der Waals surface area contributed by atoms with Crippen molar-refractivity contribution in [3.05, 3.63) is 53.1 Å². The minimum absolute atomic E-state index is 0.00353. The number of imide groups is 1. The number of hydrogen-bond donors (Lipinski definition) is 1. The second-order valence-electron chi connectivity index (χ2n) is 8.67. The van der Waals surface area contributed by atoms with Crippen LogP contribution in [0.15, 0.2) is 30.5 Å². The maximum Gasteiger partial charge on any atom is 0.240 e. The van der Waals surface area contributed by atoms with Gasteiger partial charge in [-0.1, -0.05) is 24.3 Å². The number of aromatic amines is 1. The summed E-state index contributed by atoms with van der Waals surface area (Å²) >= 11 is 0. The van der Waals surface area contributed by atoms with Crippen LogP contribution in [0.3, 0.4) is 0 Å². The molecule has 3 rings (SSSR count). The summed E-state index contributed by atoms with van der Waals surface area (Å²) in [4.78, 5) is 51.9. The van der Waals surface area contributed by atoms with Crippen molar-refractivity contribution >= 4 is 17.7 Å². The SMILES string of the molecule is Cc1cnc(CN(C)C(=O)CC2(c3ccccc3C)CC(=O)N(CCN(C)C)C2=O)[nH]1. The number of rotatable bonds is 8. The highest BCUT2D eigenvalue weighted by Gasteiger charge is 2.54. The summed E-state index contributed by atoms with van der Waals surface area (Å²) in [6.45, 7) is 5.01. The number of carbonyl (C=O) groups is 3. The lowest BCUT2D eigenvalue weighted by Crippen LogP contribution is -2.44. The molecule has 1 aromatic heterocycles. The van der Waals surface area contributed by atoms with E-state index in [9.17, 15) is 14.4 Å². The molecule has 0 bridgehead atoms. The van der Waals surface area contributed by atoms with E-state index < -0.39 is 5.41 Å². The first-order valence-corrected chi connectivity index (χ1v) is 10.4. The number of likely N-dealkylation sites (tertiary alicyclic amines) is 1. The number of nitrogens with zero attached hydrogens (tertiary/aromatic N) is 4. The number of aryl methyl sites for hydroxylation is 2. The van der Waals surface area contributed by atoms with E-state index in [-0.39, 0.29) is 30.6 Å². The van der Waals surface area contributed by atoms with Gasteiger partial charge in [-0.3, -0.25) is 19.3 Å². The smallest absolute Gasteiger partial charge is 0.240 e. The van der Waals surface area contributed by atoms with Crippen LogP contribution in [-0.4, -0.2) is 76.6 Å². The Morgan fingerprint density at radius 2 is 1.90 bits per heavy atom. The summed E-state index contributed by atoms with van der Waals surface area (Å²) in [5.41, 5.74) is 1.38. The molecule has 0 aliphatic carbocycles. The summed E-state index contributed by atoms with van der Waals surface area (Å²) < 4.78 is 0. The number of likely N-dealkylation sites (N-methyl/N-ethyl adjacent to an activating group) is 1. The highest BCUT2D eigenvalue weighted by atomic mass is 16.2. The zero-order valence-electron chi connectivity index (χ0n) is 18.9. The fraction of sp³-hybridized carbons (Fsp3) is 0.478. The van der Waals surface area contributed by atoms with Gasteiger partial charge >= 0.3 is 0 Å². The van der Waals surface area contributed by atoms with Crippen molar-refractivity contribution in [3.8, 4) is 0 Å². The standard InChI is InChI=1S/C23H31N5O3/c1-16-8-6-7-9-18(16)23(13-21(30)28(22(23)31)11-10-26(3)4)12-20(29)27(5)15-19-24-14-17(2)25-19/h6-9,14H,10-13,15H2,1-5H3,(H,24,25). The van der Waals surface area contributed by atoms with Crippen molar-refractivity contribution in [2.24, 2.45) is 0 Å². The van der Waals surface area contributed by atoms with Gasteiger partial charge in [0.1, 0.15) is 5.82 Å². The average molecular weight is 426 g/mol. The number of hydrogen-bond acceptors (Lipinski definition) is 5. The Kier molecular flexibility index (Phi) is 6.59. The van der Waals surface area contributed by atoms with E-state index in [2.05, 4.69) is 9.97 Å². The van der Waals surface area contributed by atoms with Crippen molar-refractivity contribution < 1.29 is 14.4 Å². The fourth-order valence-electron chi connectivity index (χ4n) is 4.13. The Balaban J connectivity index is 1.90. The molecule has 1 fully saturated rings. The summed E-state index contributed by atoms with van der Waals surface area (Å²) in [6.07, 6.45) is 1.66. The number of amides is 3. The molecule has 2 aromatic rings. The first-order chi connectivity index (χ1) is 14.6. The molecular formula is C23H31N5O3. The summed E-state index contributed by atoms with van der Waals surface area (Å²) in [7, 11) is 5.49. The average Bonchev–Trinajstić information content (AvgIpc) is 3.21. The quantitative estimate of drug-likeness (QED) is 0.650. The number of benzene rings is 1. The van der Waals surface area contributed by atoms with E-state index in [1.54, 1.807) is 18.1 Å². The third kappa shape index (κ3) is 4.69. The molecule has 1 unspecified atom stereocenters. The fourth-order valence-corrected chi connectivity index (χ4v) is 4.13. The van der Waals surface area contributed by atoms with E-state index in [0.717, 1.165) is 16.8 Å². The zero-order valence-corrected chi connectivity index (χ0v) is 18.9. The van der Waals surface area contributed by atoms with Gasteiger partial charge < -0.3 is 14.8 Å². The molecule has 1 atom stereocenters. The van der Waals surface area contributed by atoms with Crippen LogP contribution in [0, 0.1) is 13.8 Å². The molecule has 1 aliphatic heterocycles. The highest BCUT2D eigenvalue weighted by Crippen LogP contribution is 2.41. The highest BCUT2D eigenvalue weighted by molar-refractivity contribution is 6.11. The summed E-state index contributed by atoms with van der Waals surface area (Å²) in [6, 6.07) is 7.52. The number of H-pyrrole nitrogens is 1. The van der Waals surface area contributed by atoms with Crippen LogP contribution >= 0.6 is 0 Å². The van der Waals surface area contributed by atoms with Crippen LogP contribution in [0.25, 0.3) is 0 Å². The maximum atomic E-state index is 13.6. The first-order valence-electron chi connectivity index (χ1n) is 10.4.